The molecule has 1 aliphatic rings. The molecule has 2 aromatic carbocycles. The summed E-state index contributed by atoms with van der Waals surface area (Å²) >= 11 is 0. The normalized spacial score (nSPS) is 16.1. The molecule has 5 rings (SSSR count). The van der Waals surface area contributed by atoms with Crippen molar-refractivity contribution in [1.29, 1.82) is 0 Å². The van der Waals surface area contributed by atoms with Gasteiger partial charge in [-0.05, 0) is 55.0 Å². The number of alkyl halides is 3. The summed E-state index contributed by atoms with van der Waals surface area (Å²) in [7, 11) is 0. The molecule has 0 aliphatic carbocycles. The Balaban J connectivity index is 1.52. The second kappa shape index (κ2) is 8.71. The van der Waals surface area contributed by atoms with E-state index in [-0.39, 0.29) is 0 Å². The zero-order valence-electron chi connectivity index (χ0n) is 18.4. The molecular weight excluding hydrogens is 457 g/mol. The second-order valence-corrected chi connectivity index (χ2v) is 8.03. The van der Waals surface area contributed by atoms with Crippen molar-refractivity contribution in [3.63, 3.8) is 0 Å². The zero-order chi connectivity index (χ0) is 24.6. The van der Waals surface area contributed by atoms with Crippen molar-refractivity contribution in [3.8, 4) is 0 Å². The zero-order valence-corrected chi connectivity index (χ0v) is 18.4. The lowest BCUT2D eigenvalue weighted by atomic mass is 9.94. The summed E-state index contributed by atoms with van der Waals surface area (Å²) in [5.74, 6) is 0.0754. The van der Waals surface area contributed by atoms with Crippen LogP contribution in [-0.4, -0.2) is 26.9 Å². The van der Waals surface area contributed by atoms with Gasteiger partial charge in [0.05, 0.1) is 22.9 Å². The minimum absolute atomic E-state index is 0.301. The van der Waals surface area contributed by atoms with Crippen molar-refractivity contribution in [1.82, 2.24) is 20.5 Å². The Morgan fingerprint density at radius 1 is 1.03 bits per heavy atom. The standard InChI is InChI=1S/C25H19F3N6O/c1-14-21(24(35)32-19-6-7-20-17(12-19)13-30-34-20)22(15-2-4-18(5-3-15)25(26,27)28)33-23(31-14)16-8-10-29-11-9-16/h2-13,22H,1H3,(H,30,34)(H,31,33)(H,32,35). The molecule has 0 fully saturated rings. The van der Waals surface area contributed by atoms with E-state index in [4.69, 9.17) is 4.99 Å². The van der Waals surface area contributed by atoms with Gasteiger partial charge in [-0.15, -0.1) is 0 Å². The minimum atomic E-state index is -4.46. The van der Waals surface area contributed by atoms with E-state index in [0.717, 1.165) is 28.6 Å². The maximum atomic E-state index is 13.4. The first-order chi connectivity index (χ1) is 16.8. The van der Waals surface area contributed by atoms with Gasteiger partial charge in [0.2, 0.25) is 0 Å². The summed E-state index contributed by atoms with van der Waals surface area (Å²) in [6.45, 7) is 1.74. The minimum Gasteiger partial charge on any atom is -0.343 e. The number of amides is 1. The van der Waals surface area contributed by atoms with Crippen molar-refractivity contribution in [2.75, 3.05) is 5.32 Å². The van der Waals surface area contributed by atoms with Crippen molar-refractivity contribution in [2.24, 2.45) is 4.99 Å². The largest absolute Gasteiger partial charge is 0.416 e. The Morgan fingerprint density at radius 2 is 1.77 bits per heavy atom. The Hall–Kier alpha value is -4.47. The number of halogens is 3. The molecule has 0 saturated heterocycles. The lowest BCUT2D eigenvalue weighted by molar-refractivity contribution is -0.137. The van der Waals surface area contributed by atoms with Gasteiger partial charge in [0.1, 0.15) is 11.9 Å². The average molecular weight is 476 g/mol. The maximum Gasteiger partial charge on any atom is 0.416 e. The van der Waals surface area contributed by atoms with Crippen LogP contribution in [0, 0.1) is 0 Å². The highest BCUT2D eigenvalue weighted by Crippen LogP contribution is 2.35. The lowest BCUT2D eigenvalue weighted by Crippen LogP contribution is -2.34. The fraction of sp³-hybridized carbons (Fsp3) is 0.120. The number of carbonyl (C=O) groups excluding carboxylic acids is 1. The summed E-state index contributed by atoms with van der Waals surface area (Å²) in [6.07, 6.45) is 0.406. The molecule has 4 aromatic rings. The van der Waals surface area contributed by atoms with Crippen LogP contribution in [-0.2, 0) is 11.0 Å². The second-order valence-electron chi connectivity index (χ2n) is 8.03. The van der Waals surface area contributed by atoms with Crippen molar-refractivity contribution < 1.29 is 18.0 Å². The number of hydrogen-bond donors (Lipinski definition) is 3. The first-order valence-corrected chi connectivity index (χ1v) is 10.7. The van der Waals surface area contributed by atoms with Gasteiger partial charge in [-0.25, -0.2) is 0 Å². The molecule has 1 amide bonds. The van der Waals surface area contributed by atoms with Crippen LogP contribution in [0.2, 0.25) is 0 Å². The fourth-order valence-corrected chi connectivity index (χ4v) is 3.94. The number of aliphatic imine (C=N–C) groups is 1. The number of anilines is 1. The summed E-state index contributed by atoms with van der Waals surface area (Å²) in [4.78, 5) is 22.1. The van der Waals surface area contributed by atoms with Gasteiger partial charge in [-0.2, -0.15) is 18.3 Å². The van der Waals surface area contributed by atoms with Crippen molar-refractivity contribution >= 4 is 28.3 Å². The number of aromatic amines is 1. The van der Waals surface area contributed by atoms with E-state index in [0.29, 0.717) is 28.4 Å². The maximum absolute atomic E-state index is 13.4. The van der Waals surface area contributed by atoms with Crippen molar-refractivity contribution in [3.05, 3.63) is 101 Å². The molecule has 1 unspecified atom stereocenters. The number of pyridine rings is 1. The molecule has 35 heavy (non-hydrogen) atoms. The first-order valence-electron chi connectivity index (χ1n) is 10.7. The van der Waals surface area contributed by atoms with Gasteiger partial charge >= 0.3 is 6.18 Å². The van der Waals surface area contributed by atoms with E-state index in [2.05, 4.69) is 25.8 Å². The number of H-pyrrole nitrogens is 1. The quantitative estimate of drug-likeness (QED) is 0.387. The third kappa shape index (κ3) is 4.50. The van der Waals surface area contributed by atoms with Gasteiger partial charge in [-0.1, -0.05) is 12.1 Å². The monoisotopic (exact) mass is 476 g/mol. The number of allylic oxidation sites excluding steroid dienone is 1. The topological polar surface area (TPSA) is 95.1 Å². The molecule has 3 heterocycles. The highest BCUT2D eigenvalue weighted by molar-refractivity contribution is 6.09. The van der Waals surface area contributed by atoms with Gasteiger partial charge < -0.3 is 10.6 Å². The van der Waals surface area contributed by atoms with Crippen LogP contribution in [0.4, 0.5) is 18.9 Å². The molecule has 0 saturated carbocycles. The number of nitrogens with zero attached hydrogens (tertiary/aromatic N) is 3. The van der Waals surface area contributed by atoms with Crippen LogP contribution in [0.3, 0.4) is 0 Å². The molecule has 2 aromatic heterocycles. The SMILES string of the molecule is CC1=C(C(=O)Nc2ccc3[nH]ncc3c2)C(c2ccc(C(F)(F)F)cc2)N=C(c2ccncc2)N1. The smallest absolute Gasteiger partial charge is 0.343 e. The molecule has 1 aliphatic heterocycles. The number of rotatable bonds is 4. The summed E-state index contributed by atoms with van der Waals surface area (Å²) in [5, 5.41) is 13.7. The van der Waals surface area contributed by atoms with Crippen LogP contribution >= 0.6 is 0 Å². The molecule has 7 nitrogen and oxygen atoms in total. The molecule has 10 heteroatoms. The number of fused-ring (bicyclic) bond motifs is 1. The molecule has 176 valence electrons. The summed E-state index contributed by atoms with van der Waals surface area (Å²) in [5.41, 5.74) is 2.65. The predicted octanol–water partition coefficient (Wildman–Crippen LogP) is 4.98. The van der Waals surface area contributed by atoms with E-state index in [1.807, 2.05) is 0 Å². The number of hydrogen-bond acceptors (Lipinski definition) is 5. The molecule has 0 spiro atoms. The molecule has 3 N–H and O–H groups in total. The highest BCUT2D eigenvalue weighted by Gasteiger charge is 2.33. The van der Waals surface area contributed by atoms with E-state index >= 15 is 0 Å². The third-order valence-corrected chi connectivity index (χ3v) is 5.69. The third-order valence-electron chi connectivity index (χ3n) is 5.69. The van der Waals surface area contributed by atoms with Crippen LogP contribution in [0.15, 0.2) is 89.5 Å². The number of nitrogens with one attached hydrogen (secondary N) is 3. The summed E-state index contributed by atoms with van der Waals surface area (Å²) < 4.78 is 39.4. The van der Waals surface area contributed by atoms with Crippen molar-refractivity contribution in [2.45, 2.75) is 19.1 Å². The van der Waals surface area contributed by atoms with Crippen LogP contribution in [0.1, 0.15) is 29.7 Å². The molecule has 1 atom stereocenters. The Labute approximate surface area is 197 Å². The van der Waals surface area contributed by atoms with Crippen LogP contribution in [0.25, 0.3) is 10.9 Å². The molecule has 0 bridgehead atoms. The highest BCUT2D eigenvalue weighted by atomic mass is 19.4. The Kier molecular flexibility index (Phi) is 5.56. The lowest BCUT2D eigenvalue weighted by Gasteiger charge is -2.27. The fourth-order valence-electron chi connectivity index (χ4n) is 3.94. The summed E-state index contributed by atoms with van der Waals surface area (Å²) in [6, 6.07) is 12.7. The number of aromatic nitrogens is 3. The number of amidine groups is 1. The van der Waals surface area contributed by atoms with E-state index < -0.39 is 23.7 Å². The average Bonchev–Trinajstić information content (AvgIpc) is 3.31. The van der Waals surface area contributed by atoms with Gasteiger partial charge in [0.15, 0.2) is 0 Å². The van der Waals surface area contributed by atoms with E-state index in [1.54, 1.807) is 55.8 Å². The van der Waals surface area contributed by atoms with Crippen LogP contribution in [0.5, 0.6) is 0 Å². The first kappa shape index (κ1) is 22.3. The number of benzene rings is 2. The molecule has 0 radical (unpaired) electrons. The van der Waals surface area contributed by atoms with E-state index in [1.165, 1.54) is 12.1 Å². The Morgan fingerprint density at radius 3 is 2.49 bits per heavy atom. The predicted molar refractivity (Wildman–Crippen MR) is 126 cm³/mol. The van der Waals surface area contributed by atoms with Crippen LogP contribution < -0.4 is 10.6 Å². The van der Waals surface area contributed by atoms with Gasteiger partial charge in [-0.3, -0.25) is 19.9 Å². The number of carbonyl (C=O) groups is 1. The van der Waals surface area contributed by atoms with Gasteiger partial charge in [0, 0.05) is 34.7 Å². The Bertz CT molecular complexity index is 1460. The van der Waals surface area contributed by atoms with E-state index in [9.17, 15) is 18.0 Å². The molecular formula is C25H19F3N6O. The van der Waals surface area contributed by atoms with Gasteiger partial charge in [0.25, 0.3) is 5.91 Å².